The van der Waals surface area contributed by atoms with Gasteiger partial charge in [-0.05, 0) is 44.9 Å². The fourth-order valence-electron chi connectivity index (χ4n) is 14.9. The summed E-state index contributed by atoms with van der Waals surface area (Å²) in [5.41, 5.74) is 0. The Kier molecular flexibility index (Phi) is 56.7. The summed E-state index contributed by atoms with van der Waals surface area (Å²) in [6.07, 6.45) is 40.7. The summed E-state index contributed by atoms with van der Waals surface area (Å²) in [7, 11) is 0. The Hall–Kier alpha value is -2.79. The Bertz CT molecular complexity index is 2200. The van der Waals surface area contributed by atoms with E-state index in [9.17, 15) is 75.7 Å². The van der Waals surface area contributed by atoms with Gasteiger partial charge in [-0.3, -0.25) is 9.59 Å². The average Bonchev–Trinajstić information content (AvgIpc) is 0.753. The van der Waals surface area contributed by atoms with Crippen LogP contribution in [0, 0.1) is 0 Å². The van der Waals surface area contributed by atoms with Crippen LogP contribution in [0.1, 0.15) is 348 Å². The van der Waals surface area contributed by atoms with Crippen molar-refractivity contribution < 1.29 is 104 Å². The molecule has 106 heavy (non-hydrogen) atoms. The van der Waals surface area contributed by atoms with Gasteiger partial charge in [-0.2, -0.15) is 0 Å². The smallest absolute Gasteiger partial charge is 0.364 e. The van der Waals surface area contributed by atoms with Crippen molar-refractivity contribution in [2.24, 2.45) is 0 Å². The number of carbonyl (C=O) groups is 3. The normalized spacial score (nSPS) is 26.2. The molecule has 3 saturated heterocycles. The lowest BCUT2D eigenvalue weighted by atomic mass is 9.88. The summed E-state index contributed by atoms with van der Waals surface area (Å²) >= 11 is 0. The number of aliphatic carboxylic acids is 1. The summed E-state index contributed by atoms with van der Waals surface area (Å²) in [4.78, 5) is 38.7. The zero-order chi connectivity index (χ0) is 77.4. The maximum absolute atomic E-state index is 13.6. The average molecular weight is 1520 g/mol. The molecule has 14 N–H and O–H groups in total. The highest BCUT2D eigenvalue weighted by atomic mass is 16.8. The van der Waals surface area contributed by atoms with Crippen LogP contribution in [0.3, 0.4) is 0 Å². The lowest BCUT2D eigenvalue weighted by Gasteiger charge is -2.50. The molecule has 0 spiro atoms. The van der Waals surface area contributed by atoms with Crippen LogP contribution < -0.4 is 10.6 Å². The number of hydrogen-bond donors (Lipinski definition) is 14. The van der Waals surface area contributed by atoms with Crippen LogP contribution in [0.4, 0.5) is 0 Å². The van der Waals surface area contributed by atoms with Crippen LogP contribution >= 0.6 is 0 Å². The molecule has 18 unspecified atom stereocenters. The molecule has 23 nitrogen and oxygen atoms in total. The number of aliphatic hydroxyl groups excluding tert-OH is 11. The van der Waals surface area contributed by atoms with Crippen molar-refractivity contribution in [1.29, 1.82) is 0 Å². The van der Waals surface area contributed by atoms with Crippen molar-refractivity contribution in [1.82, 2.24) is 10.6 Å². The number of allylic oxidation sites excluding steroid dienone is 3. The predicted molar refractivity (Wildman–Crippen MR) is 412 cm³/mol. The quantitative estimate of drug-likeness (QED) is 0.0199. The van der Waals surface area contributed by atoms with E-state index in [1.54, 1.807) is 6.08 Å². The summed E-state index contributed by atoms with van der Waals surface area (Å²) in [5, 5.41) is 137. The predicted octanol–water partition coefficient (Wildman–Crippen LogP) is 12.3. The molecule has 18 atom stereocenters. The fourth-order valence-corrected chi connectivity index (χ4v) is 14.9. The van der Waals surface area contributed by atoms with Crippen molar-refractivity contribution in [3.05, 3.63) is 24.3 Å². The van der Waals surface area contributed by atoms with Crippen molar-refractivity contribution in [3.8, 4) is 0 Å². The van der Waals surface area contributed by atoms with Gasteiger partial charge in [-0.25, -0.2) is 4.79 Å². The van der Waals surface area contributed by atoms with Gasteiger partial charge in [0.1, 0.15) is 67.1 Å². The molecule has 0 radical (unpaired) electrons. The van der Waals surface area contributed by atoms with Gasteiger partial charge in [0, 0.05) is 19.8 Å². The minimum atomic E-state index is -3.08. The second-order valence-corrected chi connectivity index (χ2v) is 31.0. The van der Waals surface area contributed by atoms with Crippen LogP contribution in [-0.4, -0.2) is 215 Å². The van der Waals surface area contributed by atoms with Crippen molar-refractivity contribution >= 4 is 17.8 Å². The van der Waals surface area contributed by atoms with Crippen LogP contribution in [-0.2, 0) is 42.8 Å². The minimum Gasteiger partial charge on any atom is -0.477 e. The number of nitrogens with one attached hydrogen (secondary N) is 2. The van der Waals surface area contributed by atoms with Gasteiger partial charge in [-0.1, -0.05) is 308 Å². The highest BCUT2D eigenvalue weighted by Crippen LogP contribution is 2.39. The van der Waals surface area contributed by atoms with Gasteiger partial charge in [0.25, 0.3) is 5.79 Å². The van der Waals surface area contributed by atoms with E-state index in [4.69, 9.17) is 28.4 Å². The monoisotopic (exact) mass is 1520 g/mol. The molecule has 23 heteroatoms. The zero-order valence-corrected chi connectivity index (χ0v) is 66.1. The van der Waals surface area contributed by atoms with Crippen LogP contribution in [0.5, 0.6) is 0 Å². The third kappa shape index (κ3) is 41.1. The number of carboxylic acids is 1. The van der Waals surface area contributed by atoms with Crippen molar-refractivity contribution in [3.63, 3.8) is 0 Å². The Labute approximate surface area is 638 Å². The maximum Gasteiger partial charge on any atom is 0.364 e. The molecule has 0 aromatic carbocycles. The van der Waals surface area contributed by atoms with E-state index in [1.165, 1.54) is 257 Å². The molecule has 0 aliphatic carbocycles. The Balaban J connectivity index is 1.49. The molecule has 2 amide bonds. The molecule has 3 aliphatic rings. The SMILES string of the molecule is CCCCCCCCCCCCCC/C=C\CCCCCCCCCCCCCCCCC(=O)NC(COC1OC(CO)C(OC2OC(CO)C(O)C(OC3(C(=O)O)CC(O)C(NC(C)=O)C(C(O)C(O)CO)O3)C2O)C(O)C1O)C(O)/C=C/CCCCCCCCCCCCCCCCCCCCCC. The molecule has 622 valence electrons. The summed E-state index contributed by atoms with van der Waals surface area (Å²) in [6.45, 7) is 2.20. The first-order valence-electron chi connectivity index (χ1n) is 42.7. The van der Waals surface area contributed by atoms with Crippen LogP contribution in [0.2, 0.25) is 0 Å². The van der Waals surface area contributed by atoms with Crippen molar-refractivity contribution in [2.75, 3.05) is 26.4 Å². The molecule has 0 aromatic rings. The molecule has 3 rings (SSSR count). The molecule has 0 bridgehead atoms. The first kappa shape index (κ1) is 97.4. The lowest BCUT2D eigenvalue weighted by molar-refractivity contribution is -0.386. The number of rotatable bonds is 68. The van der Waals surface area contributed by atoms with E-state index in [1.807, 2.05) is 6.08 Å². The van der Waals surface area contributed by atoms with Gasteiger partial charge >= 0.3 is 5.97 Å². The maximum atomic E-state index is 13.6. The molecule has 3 heterocycles. The number of carbonyl (C=O) groups excluding carboxylic acids is 2. The Morgan fingerprint density at radius 1 is 0.491 bits per heavy atom. The van der Waals surface area contributed by atoms with Crippen molar-refractivity contribution in [2.45, 2.75) is 458 Å². The summed E-state index contributed by atoms with van der Waals surface area (Å²) in [5.74, 6) is -6.13. The van der Waals surface area contributed by atoms with Gasteiger partial charge in [0.05, 0.1) is 50.7 Å². The van der Waals surface area contributed by atoms with E-state index in [-0.39, 0.29) is 12.3 Å². The lowest BCUT2D eigenvalue weighted by Crippen LogP contribution is -2.70. The Morgan fingerprint density at radius 3 is 1.28 bits per heavy atom. The second kappa shape index (κ2) is 61.8. The topological polar surface area (TPSA) is 373 Å². The summed E-state index contributed by atoms with van der Waals surface area (Å²) in [6, 6.07) is -2.62. The third-order valence-electron chi connectivity index (χ3n) is 21.6. The fraction of sp³-hybridized carbons (Fsp3) is 0.916. The number of amides is 2. The van der Waals surface area contributed by atoms with Crippen LogP contribution in [0.25, 0.3) is 0 Å². The number of hydrogen-bond acceptors (Lipinski definition) is 20. The Morgan fingerprint density at radius 2 is 0.887 bits per heavy atom. The van der Waals surface area contributed by atoms with Gasteiger partial charge < -0.3 is 100 Å². The van der Waals surface area contributed by atoms with Gasteiger partial charge in [0.15, 0.2) is 12.6 Å². The summed E-state index contributed by atoms with van der Waals surface area (Å²) < 4.78 is 35.0. The number of aliphatic hydroxyl groups is 11. The number of unbranched alkanes of at least 4 members (excludes halogenated alkanes) is 46. The largest absolute Gasteiger partial charge is 0.477 e. The molecular formula is C83H154N2O21. The molecule has 0 aromatic heterocycles. The second-order valence-electron chi connectivity index (χ2n) is 31.0. The minimum absolute atomic E-state index is 0.203. The standard InChI is InChI=1S/C83H154N2O21/c1-4-6-8-10-12-14-16-18-20-22-24-26-28-29-30-31-32-33-34-35-37-39-41-43-45-47-49-51-53-55-57-70(93)85-64(65(90)56-54-52-50-48-46-44-42-40-38-36-27-25-23-21-19-17-15-13-11-9-7-5-2)62-101-80-75(97)74(96)77(69(61-88)103-80)104-81-76(98)79(73(95)68(60-87)102-81)106-83(82(99)100)58-66(91)71(84-63(3)89)78(105-83)72(94)67(92)59-86/h29-30,54,56,64-69,71-81,86-88,90-92,94-98H,4-28,31-53,55,57-62H2,1-3H3,(H,84,89)(H,85,93)(H,99,100)/b30-29-,56-54+. The zero-order valence-electron chi connectivity index (χ0n) is 66.1. The third-order valence-corrected chi connectivity index (χ3v) is 21.6. The van der Waals surface area contributed by atoms with Gasteiger partial charge in [0.2, 0.25) is 11.8 Å². The van der Waals surface area contributed by atoms with Gasteiger partial charge in [-0.15, -0.1) is 0 Å². The first-order valence-corrected chi connectivity index (χ1v) is 42.7. The number of ether oxygens (including phenoxy) is 6. The van der Waals surface area contributed by atoms with E-state index in [2.05, 4.69) is 36.6 Å². The highest BCUT2D eigenvalue weighted by molar-refractivity contribution is 5.77. The molecule has 3 fully saturated rings. The van der Waals surface area contributed by atoms with E-state index in [0.717, 1.165) is 51.9 Å². The first-order chi connectivity index (χ1) is 51.4. The molecular weight excluding hydrogens is 1360 g/mol. The molecule has 0 saturated carbocycles. The number of carboxylic acid groups (broad SMARTS) is 1. The van der Waals surface area contributed by atoms with Crippen LogP contribution in [0.15, 0.2) is 24.3 Å². The highest BCUT2D eigenvalue weighted by Gasteiger charge is 2.60. The molecule has 3 aliphatic heterocycles. The van der Waals surface area contributed by atoms with E-state index >= 15 is 0 Å². The van der Waals surface area contributed by atoms with E-state index in [0.29, 0.717) is 12.8 Å². The van der Waals surface area contributed by atoms with E-state index < -0.39 is 155 Å².